The van der Waals surface area contributed by atoms with E-state index in [0.29, 0.717) is 36.3 Å². The summed E-state index contributed by atoms with van der Waals surface area (Å²) in [6.07, 6.45) is 6.78. The Kier molecular flexibility index (Phi) is 6.07. The van der Waals surface area contributed by atoms with E-state index in [1.54, 1.807) is 11.5 Å². The summed E-state index contributed by atoms with van der Waals surface area (Å²) in [4.78, 5) is 26.2. The third-order valence-corrected chi connectivity index (χ3v) is 7.70. The molecule has 8 heteroatoms. The number of pyridine rings is 1. The van der Waals surface area contributed by atoms with Gasteiger partial charge in [-0.15, -0.1) is 0 Å². The van der Waals surface area contributed by atoms with Gasteiger partial charge < -0.3 is 25.0 Å². The lowest BCUT2D eigenvalue weighted by Crippen LogP contribution is -2.36. The van der Waals surface area contributed by atoms with Crippen LogP contribution >= 0.6 is 0 Å². The van der Waals surface area contributed by atoms with Gasteiger partial charge in [0.2, 0.25) is 5.43 Å². The smallest absolute Gasteiger partial charge is 0.256 e. The average Bonchev–Trinajstić information content (AvgIpc) is 3.13. The molecule has 38 heavy (non-hydrogen) atoms. The Morgan fingerprint density at radius 3 is 2.53 bits per heavy atom. The van der Waals surface area contributed by atoms with Gasteiger partial charge >= 0.3 is 0 Å². The Labute approximate surface area is 219 Å². The first-order chi connectivity index (χ1) is 18.4. The van der Waals surface area contributed by atoms with Crippen LogP contribution in [-0.2, 0) is 0 Å². The number of benzene rings is 3. The van der Waals surface area contributed by atoms with Gasteiger partial charge in [0.25, 0.3) is 5.91 Å². The quantitative estimate of drug-likeness (QED) is 0.264. The number of ether oxygens (including phenoxy) is 1. The molecular formula is C30H30FN3O4. The summed E-state index contributed by atoms with van der Waals surface area (Å²) in [7, 11) is 0. The number of carbonyl (C=O) groups is 1. The summed E-state index contributed by atoms with van der Waals surface area (Å²) in [5.41, 5.74) is -0.472. The number of halogens is 1. The molecule has 4 aromatic rings. The van der Waals surface area contributed by atoms with Gasteiger partial charge in [0.15, 0.2) is 17.3 Å². The molecule has 1 aromatic heterocycles. The van der Waals surface area contributed by atoms with Crippen LogP contribution in [0.2, 0.25) is 0 Å². The number of nitrogens with one attached hydrogen (secondary N) is 2. The molecule has 0 saturated heterocycles. The van der Waals surface area contributed by atoms with Crippen molar-refractivity contribution in [2.75, 3.05) is 18.4 Å². The van der Waals surface area contributed by atoms with Crippen molar-refractivity contribution in [1.82, 2.24) is 9.88 Å². The second-order valence-corrected chi connectivity index (χ2v) is 10.3. The van der Waals surface area contributed by atoms with E-state index in [-0.39, 0.29) is 28.9 Å². The van der Waals surface area contributed by atoms with Gasteiger partial charge in [0, 0.05) is 19.3 Å². The normalized spacial score (nSPS) is 16.0. The molecule has 0 unspecified atom stereocenters. The molecule has 0 radical (unpaired) electrons. The lowest BCUT2D eigenvalue weighted by atomic mass is 9.94. The zero-order chi connectivity index (χ0) is 26.4. The summed E-state index contributed by atoms with van der Waals surface area (Å²) in [5, 5.41) is 18.9. The summed E-state index contributed by atoms with van der Waals surface area (Å²) < 4.78 is 23.8. The van der Waals surface area contributed by atoms with Crippen molar-refractivity contribution < 1.29 is 19.0 Å². The highest BCUT2D eigenvalue weighted by Crippen LogP contribution is 2.46. The van der Waals surface area contributed by atoms with E-state index < -0.39 is 22.8 Å². The number of aliphatic hydroxyl groups is 1. The van der Waals surface area contributed by atoms with E-state index in [1.807, 2.05) is 36.4 Å². The number of rotatable bonds is 5. The molecule has 0 bridgehead atoms. The number of amides is 1. The highest BCUT2D eigenvalue weighted by molar-refractivity contribution is 6.02. The fourth-order valence-corrected chi connectivity index (χ4v) is 5.70. The van der Waals surface area contributed by atoms with Crippen molar-refractivity contribution in [3.05, 3.63) is 70.3 Å². The minimum atomic E-state index is -0.949. The van der Waals surface area contributed by atoms with E-state index in [9.17, 15) is 14.7 Å². The Morgan fingerprint density at radius 2 is 1.82 bits per heavy atom. The van der Waals surface area contributed by atoms with Crippen molar-refractivity contribution in [3.63, 3.8) is 0 Å². The predicted molar refractivity (Wildman–Crippen MR) is 146 cm³/mol. The van der Waals surface area contributed by atoms with E-state index in [2.05, 4.69) is 10.6 Å². The number of hydrogen-bond donors (Lipinski definition) is 3. The van der Waals surface area contributed by atoms with Crippen molar-refractivity contribution >= 4 is 33.3 Å². The van der Waals surface area contributed by atoms with Crippen molar-refractivity contribution in [2.45, 2.75) is 51.0 Å². The van der Waals surface area contributed by atoms with Gasteiger partial charge in [-0.05, 0) is 48.7 Å². The summed E-state index contributed by atoms with van der Waals surface area (Å²) >= 11 is 0. The Hall–Kier alpha value is -3.91. The second-order valence-electron chi connectivity index (χ2n) is 10.3. The van der Waals surface area contributed by atoms with Crippen LogP contribution in [0.15, 0.2) is 53.5 Å². The summed E-state index contributed by atoms with van der Waals surface area (Å²) in [5.74, 6) is -0.549. The molecule has 7 nitrogen and oxygen atoms in total. The molecule has 1 amide bonds. The lowest BCUT2D eigenvalue weighted by Gasteiger charge is -2.30. The average molecular weight is 516 g/mol. The monoisotopic (exact) mass is 515 g/mol. The van der Waals surface area contributed by atoms with E-state index in [1.165, 1.54) is 6.20 Å². The number of nitrogens with zero attached hydrogens (tertiary/aromatic N) is 1. The van der Waals surface area contributed by atoms with Crippen molar-refractivity contribution in [3.8, 4) is 17.2 Å². The molecule has 3 N–H and O–H groups in total. The maximum Gasteiger partial charge on any atom is 0.256 e. The second kappa shape index (κ2) is 9.44. The third kappa shape index (κ3) is 4.09. The van der Waals surface area contributed by atoms with E-state index in [0.717, 1.165) is 42.5 Å². The molecular weight excluding hydrogens is 485 g/mol. The number of aromatic nitrogens is 1. The fourth-order valence-electron chi connectivity index (χ4n) is 5.70. The molecule has 6 rings (SSSR count). The van der Waals surface area contributed by atoms with Gasteiger partial charge in [-0.3, -0.25) is 9.59 Å². The third-order valence-electron chi connectivity index (χ3n) is 7.70. The zero-order valence-corrected chi connectivity index (χ0v) is 21.3. The van der Waals surface area contributed by atoms with Gasteiger partial charge in [0.05, 0.1) is 16.7 Å². The largest absolute Gasteiger partial charge is 0.451 e. The lowest BCUT2D eigenvalue weighted by molar-refractivity contribution is 0.0380. The summed E-state index contributed by atoms with van der Waals surface area (Å²) in [6.45, 7) is 2.29. The maximum atomic E-state index is 15.7. The van der Waals surface area contributed by atoms with Crippen LogP contribution in [0.25, 0.3) is 27.4 Å². The first kappa shape index (κ1) is 24.4. The molecule has 196 valence electrons. The predicted octanol–water partition coefficient (Wildman–Crippen LogP) is 5.64. The van der Waals surface area contributed by atoms with Gasteiger partial charge in [-0.1, -0.05) is 49.9 Å². The minimum Gasteiger partial charge on any atom is -0.451 e. The van der Waals surface area contributed by atoms with Crippen LogP contribution in [0.3, 0.4) is 0 Å². The molecule has 1 saturated carbocycles. The summed E-state index contributed by atoms with van der Waals surface area (Å²) in [6, 6.07) is 12.8. The highest BCUT2D eigenvalue weighted by Gasteiger charge is 2.32. The number of carbonyl (C=O) groups excluding carboxylic acids is 1. The maximum absolute atomic E-state index is 15.7. The van der Waals surface area contributed by atoms with Crippen LogP contribution in [0, 0.1) is 5.82 Å². The van der Waals surface area contributed by atoms with E-state index >= 15 is 4.39 Å². The van der Waals surface area contributed by atoms with Gasteiger partial charge in [0.1, 0.15) is 16.8 Å². The first-order valence-corrected chi connectivity index (χ1v) is 13.3. The Morgan fingerprint density at radius 1 is 1.11 bits per heavy atom. The van der Waals surface area contributed by atoms with Gasteiger partial charge in [-0.25, -0.2) is 4.39 Å². The standard InChI is InChI=1S/C30H30FN3O4/c1-2-32-29(36)21-16-34-23-13-18-9-5-6-10-19(18)14-24(23)38-28-25(22(31)15-20(26(28)34)27(21)35)33-17-30(37)11-7-3-4-8-12-30/h5-6,9-10,13-16,33,37H,2-4,7-8,11-12,17H2,1H3,(H,32,36). The SMILES string of the molecule is CCNC(=O)c1cn2c3c(c(NCC4(O)CCCCCC4)c(F)cc3c1=O)Oc1cc3ccccc3cc1-2. The fraction of sp³-hybridized carbons (Fsp3) is 0.333. The molecule has 2 heterocycles. The molecule has 0 spiro atoms. The van der Waals surface area contributed by atoms with Crippen LogP contribution in [0.4, 0.5) is 10.1 Å². The molecule has 1 aliphatic heterocycles. The topological polar surface area (TPSA) is 92.6 Å². The van der Waals surface area contributed by atoms with Crippen LogP contribution in [-0.4, -0.2) is 34.3 Å². The van der Waals surface area contributed by atoms with Crippen molar-refractivity contribution in [2.24, 2.45) is 0 Å². The molecule has 2 aliphatic rings. The number of anilines is 1. The molecule has 3 aromatic carbocycles. The minimum absolute atomic E-state index is 0.0544. The van der Waals surface area contributed by atoms with Gasteiger partial charge in [-0.2, -0.15) is 0 Å². The van der Waals surface area contributed by atoms with Crippen molar-refractivity contribution in [1.29, 1.82) is 0 Å². The molecule has 1 aliphatic carbocycles. The van der Waals surface area contributed by atoms with Crippen LogP contribution in [0.5, 0.6) is 11.5 Å². The molecule has 1 fully saturated rings. The Balaban J connectivity index is 1.56. The van der Waals surface area contributed by atoms with Crippen LogP contribution < -0.4 is 20.8 Å². The first-order valence-electron chi connectivity index (χ1n) is 13.3. The molecule has 0 atom stereocenters. The zero-order valence-electron chi connectivity index (χ0n) is 21.3. The number of fused-ring (bicyclic) bond motifs is 3. The Bertz CT molecular complexity index is 1640. The van der Waals surface area contributed by atoms with Crippen LogP contribution in [0.1, 0.15) is 55.8 Å². The number of hydrogen-bond acceptors (Lipinski definition) is 5. The highest BCUT2D eigenvalue weighted by atomic mass is 19.1. The van der Waals surface area contributed by atoms with E-state index in [4.69, 9.17) is 4.74 Å².